The molecule has 1 amide bonds. The Morgan fingerprint density at radius 3 is 2.19 bits per heavy atom. The van der Waals surface area contributed by atoms with Gasteiger partial charge in [0.1, 0.15) is 0 Å². The van der Waals surface area contributed by atoms with Gasteiger partial charge >= 0.3 is 7.12 Å². The lowest BCUT2D eigenvalue weighted by molar-refractivity contribution is 0.00578. The van der Waals surface area contributed by atoms with E-state index >= 15 is 0 Å². The average Bonchev–Trinajstić information content (AvgIpc) is 2.84. The van der Waals surface area contributed by atoms with Gasteiger partial charge < -0.3 is 19.4 Å². The molecule has 1 fully saturated rings. The number of anilines is 1. The molecule has 142 valence electrons. The van der Waals surface area contributed by atoms with E-state index in [1.54, 1.807) is 30.3 Å². The predicted octanol–water partition coefficient (Wildman–Crippen LogP) is 3.39. The van der Waals surface area contributed by atoms with Crippen LogP contribution < -0.4 is 15.5 Å². The second-order valence-corrected chi connectivity index (χ2v) is 7.49. The van der Waals surface area contributed by atoms with Crippen LogP contribution in [0.3, 0.4) is 0 Å². The number of ether oxygens (including phenoxy) is 1. The number of rotatable bonds is 4. The summed E-state index contributed by atoms with van der Waals surface area (Å²) in [5.74, 6) is -0.950. The quantitative estimate of drug-likeness (QED) is 0.838. The van der Waals surface area contributed by atoms with Crippen LogP contribution in [0.15, 0.2) is 42.5 Å². The number of nitrogens with one attached hydrogen (secondary N) is 1. The molecule has 5 nitrogen and oxygen atoms in total. The van der Waals surface area contributed by atoms with Crippen molar-refractivity contribution in [2.45, 2.75) is 38.9 Å². The van der Waals surface area contributed by atoms with Crippen LogP contribution in [0.4, 0.5) is 10.1 Å². The lowest BCUT2D eigenvalue weighted by Crippen LogP contribution is -2.41. The van der Waals surface area contributed by atoms with Crippen molar-refractivity contribution < 1.29 is 23.2 Å². The highest BCUT2D eigenvalue weighted by Crippen LogP contribution is 2.36. The fraction of sp³-hybridized carbons (Fsp3) is 0.350. The molecule has 0 aromatic heterocycles. The number of methoxy groups -OCH3 is 1. The molecule has 1 N–H and O–H groups in total. The van der Waals surface area contributed by atoms with E-state index in [1.165, 1.54) is 19.2 Å². The van der Waals surface area contributed by atoms with Gasteiger partial charge in [0.25, 0.3) is 5.91 Å². The van der Waals surface area contributed by atoms with E-state index < -0.39 is 30.0 Å². The zero-order valence-electron chi connectivity index (χ0n) is 16.1. The molecule has 0 spiro atoms. The van der Waals surface area contributed by atoms with Gasteiger partial charge in [0.05, 0.1) is 24.0 Å². The van der Waals surface area contributed by atoms with Crippen LogP contribution in [0.1, 0.15) is 38.1 Å². The molecule has 1 aliphatic rings. The molecule has 0 radical (unpaired) electrons. The molecule has 1 aliphatic heterocycles. The third-order valence-corrected chi connectivity index (χ3v) is 5.13. The Morgan fingerprint density at radius 1 is 1.04 bits per heavy atom. The first-order valence-corrected chi connectivity index (χ1v) is 8.74. The van der Waals surface area contributed by atoms with Crippen molar-refractivity contribution >= 4 is 24.2 Å². The number of hydrogen-bond acceptors (Lipinski definition) is 4. The number of amides is 1. The third kappa shape index (κ3) is 3.70. The van der Waals surface area contributed by atoms with Gasteiger partial charge in [0, 0.05) is 5.56 Å². The van der Waals surface area contributed by atoms with Crippen molar-refractivity contribution in [1.29, 1.82) is 0 Å². The topological polar surface area (TPSA) is 56.8 Å². The summed E-state index contributed by atoms with van der Waals surface area (Å²) in [5, 5.41) is 2.56. The Labute approximate surface area is 159 Å². The number of benzene rings is 2. The van der Waals surface area contributed by atoms with Gasteiger partial charge in [0.15, 0.2) is 11.6 Å². The lowest BCUT2D eigenvalue weighted by atomic mass is 9.79. The summed E-state index contributed by atoms with van der Waals surface area (Å²) in [4.78, 5) is 12.4. The maximum Gasteiger partial charge on any atom is 0.494 e. The molecular formula is C20H23BFNO4. The summed E-state index contributed by atoms with van der Waals surface area (Å²) in [5.41, 5.74) is 0.416. The average molecular weight is 371 g/mol. The van der Waals surface area contributed by atoms with Crippen molar-refractivity contribution in [3.63, 3.8) is 0 Å². The standard InChI is InChI=1S/C20H23BFNO4/c1-19(2)20(3,4)27-21(26-19)14-11-9-13(10-12-14)18(24)23-15-7-6-8-16(25-5)17(15)22/h6-12H,1-5H3,(H,23,24). The molecule has 2 aromatic carbocycles. The lowest BCUT2D eigenvalue weighted by Gasteiger charge is -2.32. The Kier molecular flexibility index (Phi) is 5.01. The number of halogens is 1. The normalized spacial score (nSPS) is 17.6. The molecular weight excluding hydrogens is 348 g/mol. The van der Waals surface area contributed by atoms with Gasteiger partial charge in [-0.1, -0.05) is 18.2 Å². The molecule has 7 heteroatoms. The maximum atomic E-state index is 14.2. The van der Waals surface area contributed by atoms with Crippen molar-refractivity contribution in [1.82, 2.24) is 0 Å². The van der Waals surface area contributed by atoms with E-state index in [-0.39, 0.29) is 11.4 Å². The first kappa shape index (κ1) is 19.4. The number of hydrogen-bond donors (Lipinski definition) is 1. The van der Waals surface area contributed by atoms with Crippen LogP contribution in [0.5, 0.6) is 5.75 Å². The van der Waals surface area contributed by atoms with Gasteiger partial charge in [-0.05, 0) is 57.4 Å². The first-order valence-electron chi connectivity index (χ1n) is 8.74. The largest absolute Gasteiger partial charge is 0.494 e. The summed E-state index contributed by atoms with van der Waals surface area (Å²) in [6.45, 7) is 7.93. The van der Waals surface area contributed by atoms with Crippen LogP contribution in [0, 0.1) is 5.82 Å². The molecule has 1 saturated heterocycles. The van der Waals surface area contributed by atoms with Gasteiger partial charge in [0.2, 0.25) is 0 Å². The van der Waals surface area contributed by atoms with Gasteiger partial charge in [-0.3, -0.25) is 4.79 Å². The molecule has 2 aromatic rings. The Balaban J connectivity index is 1.74. The van der Waals surface area contributed by atoms with E-state index in [0.29, 0.717) is 5.56 Å². The monoisotopic (exact) mass is 371 g/mol. The highest BCUT2D eigenvalue weighted by Gasteiger charge is 2.51. The summed E-state index contributed by atoms with van der Waals surface area (Å²) in [6, 6.07) is 11.5. The minimum Gasteiger partial charge on any atom is -0.494 e. The van der Waals surface area contributed by atoms with Crippen LogP contribution in [-0.4, -0.2) is 31.3 Å². The number of carbonyl (C=O) groups excluding carboxylic acids is 1. The van der Waals surface area contributed by atoms with Gasteiger partial charge in [-0.15, -0.1) is 0 Å². The Morgan fingerprint density at radius 2 is 1.63 bits per heavy atom. The second-order valence-electron chi connectivity index (χ2n) is 7.49. The summed E-state index contributed by atoms with van der Waals surface area (Å²) >= 11 is 0. The summed E-state index contributed by atoms with van der Waals surface area (Å²) in [7, 11) is 0.876. The van der Waals surface area contributed by atoms with Crippen LogP contribution >= 0.6 is 0 Å². The first-order chi connectivity index (χ1) is 12.6. The Bertz CT molecular complexity index is 836. The van der Waals surface area contributed by atoms with Crippen LogP contribution in [-0.2, 0) is 9.31 Å². The zero-order chi connectivity index (χ0) is 19.8. The molecule has 3 rings (SSSR count). The van der Waals surface area contributed by atoms with Crippen molar-refractivity contribution in [2.24, 2.45) is 0 Å². The minimum absolute atomic E-state index is 0.0642. The molecule has 0 atom stereocenters. The second kappa shape index (κ2) is 6.98. The highest BCUT2D eigenvalue weighted by molar-refractivity contribution is 6.62. The van der Waals surface area contributed by atoms with Crippen LogP contribution in [0.25, 0.3) is 0 Å². The zero-order valence-corrected chi connectivity index (χ0v) is 16.1. The van der Waals surface area contributed by atoms with Gasteiger partial charge in [-0.25, -0.2) is 4.39 Å². The third-order valence-electron chi connectivity index (χ3n) is 5.13. The predicted molar refractivity (Wildman–Crippen MR) is 103 cm³/mol. The highest BCUT2D eigenvalue weighted by atomic mass is 19.1. The van der Waals surface area contributed by atoms with Crippen molar-refractivity contribution in [3.05, 3.63) is 53.8 Å². The van der Waals surface area contributed by atoms with Crippen molar-refractivity contribution in [3.8, 4) is 5.75 Å². The van der Waals surface area contributed by atoms with E-state index in [1.807, 2.05) is 27.7 Å². The molecule has 0 aliphatic carbocycles. The summed E-state index contributed by atoms with van der Waals surface area (Å²) in [6.07, 6.45) is 0. The SMILES string of the molecule is COc1cccc(NC(=O)c2ccc(B3OC(C)(C)C(C)(C)O3)cc2)c1F. The van der Waals surface area contributed by atoms with Crippen LogP contribution in [0.2, 0.25) is 0 Å². The number of carbonyl (C=O) groups is 1. The smallest absolute Gasteiger partial charge is 0.494 e. The molecule has 0 bridgehead atoms. The Hall–Kier alpha value is -2.38. The van der Waals surface area contributed by atoms with E-state index in [9.17, 15) is 9.18 Å². The fourth-order valence-corrected chi connectivity index (χ4v) is 2.73. The molecule has 27 heavy (non-hydrogen) atoms. The van der Waals surface area contributed by atoms with Crippen molar-refractivity contribution in [2.75, 3.05) is 12.4 Å². The van der Waals surface area contributed by atoms with E-state index in [2.05, 4.69) is 5.32 Å². The summed E-state index contributed by atoms with van der Waals surface area (Å²) < 4.78 is 31.1. The minimum atomic E-state index is -0.609. The maximum absolute atomic E-state index is 14.2. The van der Waals surface area contributed by atoms with E-state index in [4.69, 9.17) is 14.0 Å². The molecule has 0 saturated carbocycles. The molecule has 0 unspecified atom stereocenters. The fourth-order valence-electron chi connectivity index (χ4n) is 2.73. The molecule has 1 heterocycles. The van der Waals surface area contributed by atoms with Gasteiger partial charge in [-0.2, -0.15) is 0 Å². The van der Waals surface area contributed by atoms with E-state index in [0.717, 1.165) is 5.46 Å².